The summed E-state index contributed by atoms with van der Waals surface area (Å²) in [7, 11) is 0. The number of ether oxygens (including phenoxy) is 1. The second-order valence-electron chi connectivity index (χ2n) is 4.90. The van der Waals surface area contributed by atoms with Crippen LogP contribution in [0.15, 0.2) is 36.4 Å². The van der Waals surface area contributed by atoms with Crippen molar-refractivity contribution >= 4 is 0 Å². The molecule has 102 valence electrons. The minimum atomic E-state index is 0.423. The third-order valence-electron chi connectivity index (χ3n) is 3.34. The zero-order valence-electron chi connectivity index (χ0n) is 12.1. The van der Waals surface area contributed by atoms with Crippen LogP contribution in [0.5, 0.6) is 11.6 Å². The number of nitrogens with zero attached hydrogens (tertiary/aromatic N) is 2. The van der Waals surface area contributed by atoms with Crippen molar-refractivity contribution in [3.8, 4) is 17.7 Å². The topological polar surface area (TPSA) is 45.9 Å². The predicted molar refractivity (Wildman–Crippen MR) is 78.9 cm³/mol. The number of hydrogen-bond acceptors (Lipinski definition) is 3. The summed E-state index contributed by atoms with van der Waals surface area (Å²) in [4.78, 5) is 4.33. The lowest BCUT2D eigenvalue weighted by Crippen LogP contribution is -1.98. The molecule has 1 heterocycles. The fraction of sp³-hybridized carbons (Fsp3) is 0.294. The third-order valence-corrected chi connectivity index (χ3v) is 3.34. The van der Waals surface area contributed by atoms with E-state index in [1.54, 1.807) is 12.1 Å². The lowest BCUT2D eigenvalue weighted by molar-refractivity contribution is 0.451. The molecule has 0 aliphatic rings. The van der Waals surface area contributed by atoms with Crippen LogP contribution in [0.1, 0.15) is 43.0 Å². The highest BCUT2D eigenvalue weighted by atomic mass is 16.5. The van der Waals surface area contributed by atoms with Crippen LogP contribution in [0.2, 0.25) is 0 Å². The first kappa shape index (κ1) is 14.1. The van der Waals surface area contributed by atoms with E-state index in [1.165, 1.54) is 0 Å². The first-order valence-corrected chi connectivity index (χ1v) is 6.79. The first-order chi connectivity index (χ1) is 9.63. The summed E-state index contributed by atoms with van der Waals surface area (Å²) < 4.78 is 5.89. The fourth-order valence-electron chi connectivity index (χ4n) is 2.07. The first-order valence-electron chi connectivity index (χ1n) is 6.79. The van der Waals surface area contributed by atoms with Gasteiger partial charge in [0, 0.05) is 11.8 Å². The molecule has 2 rings (SSSR count). The molecule has 3 nitrogen and oxygen atoms in total. The van der Waals surface area contributed by atoms with Crippen molar-refractivity contribution in [2.75, 3.05) is 0 Å². The van der Waals surface area contributed by atoms with Crippen LogP contribution in [0, 0.1) is 18.3 Å². The van der Waals surface area contributed by atoms with E-state index in [0.717, 1.165) is 23.4 Å². The quantitative estimate of drug-likeness (QED) is 0.814. The van der Waals surface area contributed by atoms with Crippen molar-refractivity contribution in [3.05, 3.63) is 53.2 Å². The van der Waals surface area contributed by atoms with Gasteiger partial charge in [-0.1, -0.05) is 32.0 Å². The molecule has 0 saturated carbocycles. The fourth-order valence-corrected chi connectivity index (χ4v) is 2.07. The molecule has 0 bridgehead atoms. The molecule has 0 saturated heterocycles. The summed E-state index contributed by atoms with van der Waals surface area (Å²) in [6, 6.07) is 13.5. The van der Waals surface area contributed by atoms with E-state index < -0.39 is 0 Å². The van der Waals surface area contributed by atoms with Gasteiger partial charge >= 0.3 is 0 Å². The molecular weight excluding hydrogens is 248 g/mol. The lowest BCUT2D eigenvalue weighted by Gasteiger charge is -2.15. The monoisotopic (exact) mass is 266 g/mol. The molecule has 2 aromatic rings. The summed E-state index contributed by atoms with van der Waals surface area (Å²) >= 11 is 0. The highest BCUT2D eigenvalue weighted by molar-refractivity contribution is 5.40. The zero-order valence-corrected chi connectivity index (χ0v) is 12.1. The molecular formula is C17H18N2O. The maximum atomic E-state index is 9.00. The lowest BCUT2D eigenvalue weighted by atomic mass is 9.98. The Kier molecular flexibility index (Phi) is 4.37. The molecule has 1 atom stereocenters. The SMILES string of the molecule is CCC(C)c1ccccc1Oc1cc(C#N)cc(C)n1. The van der Waals surface area contributed by atoms with Crippen LogP contribution in [-0.4, -0.2) is 4.98 Å². The van der Waals surface area contributed by atoms with Crippen molar-refractivity contribution < 1.29 is 4.74 Å². The van der Waals surface area contributed by atoms with Gasteiger partial charge in [-0.2, -0.15) is 5.26 Å². The number of nitriles is 1. The van der Waals surface area contributed by atoms with Crippen molar-refractivity contribution in [1.82, 2.24) is 4.98 Å². The standard InChI is InChI=1S/C17H18N2O/c1-4-12(2)15-7-5-6-8-16(15)20-17-10-14(11-18)9-13(3)19-17/h5-10,12H,4H2,1-3H3. The third kappa shape index (κ3) is 3.16. The van der Waals surface area contributed by atoms with Gasteiger partial charge in [0.15, 0.2) is 0 Å². The van der Waals surface area contributed by atoms with Gasteiger partial charge in [0.05, 0.1) is 11.6 Å². The number of rotatable bonds is 4. The second-order valence-corrected chi connectivity index (χ2v) is 4.90. The second kappa shape index (κ2) is 6.21. The summed E-state index contributed by atoms with van der Waals surface area (Å²) in [6.07, 6.45) is 1.05. The maximum Gasteiger partial charge on any atom is 0.220 e. The maximum absolute atomic E-state index is 9.00. The molecule has 1 unspecified atom stereocenters. The number of hydrogen-bond donors (Lipinski definition) is 0. The van der Waals surface area contributed by atoms with Gasteiger partial charge < -0.3 is 4.74 Å². The Morgan fingerprint density at radius 1 is 1.30 bits per heavy atom. The van der Waals surface area contributed by atoms with Crippen LogP contribution >= 0.6 is 0 Å². The molecule has 0 spiro atoms. The highest BCUT2D eigenvalue weighted by Gasteiger charge is 2.11. The molecule has 0 fully saturated rings. The Morgan fingerprint density at radius 3 is 2.75 bits per heavy atom. The Bertz CT molecular complexity index is 644. The molecule has 3 heteroatoms. The van der Waals surface area contributed by atoms with E-state index in [2.05, 4.69) is 31.0 Å². The zero-order chi connectivity index (χ0) is 14.5. The molecule has 0 N–H and O–H groups in total. The normalized spacial score (nSPS) is 11.7. The summed E-state index contributed by atoms with van der Waals surface area (Å²) in [5, 5.41) is 9.00. The molecule has 1 aromatic carbocycles. The number of aromatic nitrogens is 1. The van der Waals surface area contributed by atoms with Crippen molar-refractivity contribution in [1.29, 1.82) is 5.26 Å². The summed E-state index contributed by atoms with van der Waals surface area (Å²) in [5.74, 6) is 1.70. The van der Waals surface area contributed by atoms with E-state index in [-0.39, 0.29) is 0 Å². The Hall–Kier alpha value is -2.34. The number of para-hydroxylation sites is 1. The van der Waals surface area contributed by atoms with Gasteiger partial charge in [0.25, 0.3) is 0 Å². The average Bonchev–Trinajstić information content (AvgIpc) is 2.46. The van der Waals surface area contributed by atoms with Crippen LogP contribution < -0.4 is 4.74 Å². The molecule has 0 radical (unpaired) electrons. The molecule has 20 heavy (non-hydrogen) atoms. The van der Waals surface area contributed by atoms with E-state index in [1.807, 2.05) is 25.1 Å². The Labute approximate surface area is 119 Å². The van der Waals surface area contributed by atoms with Gasteiger partial charge in [-0.15, -0.1) is 0 Å². The molecule has 1 aromatic heterocycles. The van der Waals surface area contributed by atoms with Crippen molar-refractivity contribution in [2.24, 2.45) is 0 Å². The van der Waals surface area contributed by atoms with Gasteiger partial charge in [0.2, 0.25) is 5.88 Å². The van der Waals surface area contributed by atoms with Crippen LogP contribution in [0.25, 0.3) is 0 Å². The number of benzene rings is 1. The molecule has 0 aliphatic heterocycles. The van der Waals surface area contributed by atoms with E-state index in [9.17, 15) is 0 Å². The highest BCUT2D eigenvalue weighted by Crippen LogP contribution is 2.31. The Balaban J connectivity index is 2.35. The predicted octanol–water partition coefficient (Wildman–Crippen LogP) is 4.57. The van der Waals surface area contributed by atoms with Gasteiger partial charge in [-0.25, -0.2) is 4.98 Å². The van der Waals surface area contributed by atoms with E-state index in [4.69, 9.17) is 10.00 Å². The van der Waals surface area contributed by atoms with Gasteiger partial charge in [-0.3, -0.25) is 0 Å². The van der Waals surface area contributed by atoms with Gasteiger partial charge in [-0.05, 0) is 37.0 Å². The Morgan fingerprint density at radius 2 is 2.05 bits per heavy atom. The van der Waals surface area contributed by atoms with Gasteiger partial charge in [0.1, 0.15) is 5.75 Å². The molecule has 0 aliphatic carbocycles. The number of aryl methyl sites for hydroxylation is 1. The summed E-state index contributed by atoms with van der Waals surface area (Å²) in [5.41, 5.74) is 2.51. The minimum absolute atomic E-state index is 0.423. The van der Waals surface area contributed by atoms with Crippen molar-refractivity contribution in [2.45, 2.75) is 33.1 Å². The minimum Gasteiger partial charge on any atom is -0.439 e. The van der Waals surface area contributed by atoms with Crippen LogP contribution in [0.3, 0.4) is 0 Å². The van der Waals surface area contributed by atoms with E-state index in [0.29, 0.717) is 17.4 Å². The average molecular weight is 266 g/mol. The van der Waals surface area contributed by atoms with Crippen molar-refractivity contribution in [3.63, 3.8) is 0 Å². The van der Waals surface area contributed by atoms with Crippen LogP contribution in [-0.2, 0) is 0 Å². The molecule has 0 amide bonds. The summed E-state index contributed by atoms with van der Waals surface area (Å²) in [6.45, 7) is 6.18. The van der Waals surface area contributed by atoms with Crippen LogP contribution in [0.4, 0.5) is 0 Å². The largest absolute Gasteiger partial charge is 0.439 e. The van der Waals surface area contributed by atoms with E-state index >= 15 is 0 Å². The number of pyridine rings is 1. The smallest absolute Gasteiger partial charge is 0.220 e.